The normalized spacial score (nSPS) is 11.6. The Kier molecular flexibility index (Phi) is 8.05. The SMILES string of the molecule is CC(=O)[C@H](CCCCN)NC(=O)c1cccc(-c2ccc(Oc3ccc(F)cc3)cc2)n1. The monoisotopic (exact) mass is 435 g/mol. The van der Waals surface area contributed by atoms with E-state index in [2.05, 4.69) is 10.3 Å². The van der Waals surface area contributed by atoms with Crippen molar-refractivity contribution in [3.8, 4) is 22.8 Å². The second kappa shape index (κ2) is 11.2. The van der Waals surface area contributed by atoms with Gasteiger partial charge in [-0.1, -0.05) is 6.07 Å². The summed E-state index contributed by atoms with van der Waals surface area (Å²) in [6.45, 7) is 2.02. The summed E-state index contributed by atoms with van der Waals surface area (Å²) in [4.78, 5) is 29.0. The third kappa shape index (κ3) is 6.46. The van der Waals surface area contributed by atoms with Gasteiger partial charge in [0.2, 0.25) is 0 Å². The van der Waals surface area contributed by atoms with Gasteiger partial charge in [-0.05, 0) is 93.4 Å². The molecule has 0 radical (unpaired) electrons. The molecule has 1 aromatic heterocycles. The van der Waals surface area contributed by atoms with Gasteiger partial charge in [0.1, 0.15) is 23.0 Å². The number of carbonyl (C=O) groups excluding carboxylic acids is 2. The fraction of sp³-hybridized carbons (Fsp3) is 0.240. The number of carbonyl (C=O) groups is 2. The highest BCUT2D eigenvalue weighted by atomic mass is 19.1. The number of nitrogens with one attached hydrogen (secondary N) is 1. The van der Waals surface area contributed by atoms with E-state index in [0.717, 1.165) is 18.4 Å². The summed E-state index contributed by atoms with van der Waals surface area (Å²) in [5.74, 6) is 0.311. The average Bonchev–Trinajstić information content (AvgIpc) is 2.80. The molecule has 1 heterocycles. The van der Waals surface area contributed by atoms with Crippen LogP contribution in [0, 0.1) is 5.82 Å². The van der Waals surface area contributed by atoms with Gasteiger partial charge >= 0.3 is 0 Å². The molecule has 3 rings (SSSR count). The highest BCUT2D eigenvalue weighted by Gasteiger charge is 2.18. The zero-order chi connectivity index (χ0) is 22.9. The molecular formula is C25H26FN3O3. The topological polar surface area (TPSA) is 94.3 Å². The Hall–Kier alpha value is -3.58. The van der Waals surface area contributed by atoms with E-state index in [0.29, 0.717) is 30.2 Å². The van der Waals surface area contributed by atoms with Crippen LogP contribution in [0.4, 0.5) is 4.39 Å². The van der Waals surface area contributed by atoms with Crippen molar-refractivity contribution in [1.82, 2.24) is 10.3 Å². The first-order valence-electron chi connectivity index (χ1n) is 10.5. The average molecular weight is 435 g/mol. The minimum Gasteiger partial charge on any atom is -0.457 e. The second-order valence-corrected chi connectivity index (χ2v) is 7.41. The highest BCUT2D eigenvalue weighted by molar-refractivity contribution is 5.96. The second-order valence-electron chi connectivity index (χ2n) is 7.41. The van der Waals surface area contributed by atoms with Crippen LogP contribution in [0.1, 0.15) is 36.7 Å². The van der Waals surface area contributed by atoms with Gasteiger partial charge in [0.15, 0.2) is 5.78 Å². The van der Waals surface area contributed by atoms with Crippen molar-refractivity contribution in [2.75, 3.05) is 6.54 Å². The molecule has 0 saturated heterocycles. The van der Waals surface area contributed by atoms with E-state index in [1.54, 1.807) is 42.5 Å². The standard InChI is InChI=1S/C25H26FN3O3/c1-17(30)22(5-2-3-16-27)29-25(31)24-7-4-6-23(28-24)18-8-12-20(13-9-18)32-21-14-10-19(26)11-15-21/h4,6-15,22H,2-3,5,16,27H2,1H3,(H,29,31)/t22-/m0/s1. The number of ketones is 1. The molecule has 7 heteroatoms. The molecule has 0 bridgehead atoms. The van der Waals surface area contributed by atoms with Crippen molar-refractivity contribution >= 4 is 11.7 Å². The fourth-order valence-corrected chi connectivity index (χ4v) is 3.16. The maximum absolute atomic E-state index is 13.0. The third-order valence-electron chi connectivity index (χ3n) is 4.92. The van der Waals surface area contributed by atoms with E-state index in [4.69, 9.17) is 10.5 Å². The summed E-state index contributed by atoms with van der Waals surface area (Å²) in [6, 6.07) is 17.6. The number of aromatic nitrogens is 1. The van der Waals surface area contributed by atoms with Crippen molar-refractivity contribution < 1.29 is 18.7 Å². The lowest BCUT2D eigenvalue weighted by Crippen LogP contribution is -2.40. The van der Waals surface area contributed by atoms with Crippen molar-refractivity contribution in [2.24, 2.45) is 5.73 Å². The van der Waals surface area contributed by atoms with Crippen molar-refractivity contribution in [3.63, 3.8) is 0 Å². The van der Waals surface area contributed by atoms with Gasteiger partial charge < -0.3 is 15.8 Å². The molecule has 3 N–H and O–H groups in total. The summed E-state index contributed by atoms with van der Waals surface area (Å²) >= 11 is 0. The first kappa shape index (κ1) is 23.1. The number of unbranched alkanes of at least 4 members (excludes halogenated alkanes) is 1. The lowest BCUT2D eigenvalue weighted by atomic mass is 10.1. The molecule has 0 aliphatic carbocycles. The van der Waals surface area contributed by atoms with Gasteiger partial charge in [-0.3, -0.25) is 9.59 Å². The van der Waals surface area contributed by atoms with Crippen LogP contribution in [0.2, 0.25) is 0 Å². The maximum Gasteiger partial charge on any atom is 0.270 e. The van der Waals surface area contributed by atoms with Crippen molar-refractivity contribution in [2.45, 2.75) is 32.2 Å². The van der Waals surface area contributed by atoms with Crippen LogP contribution >= 0.6 is 0 Å². The largest absolute Gasteiger partial charge is 0.457 e. The number of hydrogen-bond acceptors (Lipinski definition) is 5. The zero-order valence-electron chi connectivity index (χ0n) is 17.9. The van der Waals surface area contributed by atoms with Gasteiger partial charge in [0.25, 0.3) is 5.91 Å². The number of ether oxygens (including phenoxy) is 1. The van der Waals surface area contributed by atoms with Gasteiger partial charge in [0, 0.05) is 5.56 Å². The van der Waals surface area contributed by atoms with E-state index in [9.17, 15) is 14.0 Å². The fourth-order valence-electron chi connectivity index (χ4n) is 3.16. The quantitative estimate of drug-likeness (QED) is 0.458. The Bertz CT molecular complexity index is 1050. The third-order valence-corrected chi connectivity index (χ3v) is 4.92. The van der Waals surface area contributed by atoms with E-state index >= 15 is 0 Å². The van der Waals surface area contributed by atoms with Crippen LogP contribution < -0.4 is 15.8 Å². The van der Waals surface area contributed by atoms with Crippen LogP contribution in [-0.2, 0) is 4.79 Å². The summed E-state index contributed by atoms with van der Waals surface area (Å²) in [6.07, 6.45) is 2.11. The Balaban J connectivity index is 1.68. The molecule has 3 aromatic rings. The van der Waals surface area contributed by atoms with Crippen LogP contribution in [0.5, 0.6) is 11.5 Å². The first-order valence-corrected chi connectivity index (χ1v) is 10.5. The van der Waals surface area contributed by atoms with E-state index in [1.165, 1.54) is 19.1 Å². The predicted molar refractivity (Wildman–Crippen MR) is 121 cm³/mol. The molecule has 0 spiro atoms. The predicted octanol–water partition coefficient (Wildman–Crippen LogP) is 4.50. The van der Waals surface area contributed by atoms with Crippen LogP contribution in [-0.4, -0.2) is 29.3 Å². The van der Waals surface area contributed by atoms with Gasteiger partial charge in [-0.25, -0.2) is 9.37 Å². The number of pyridine rings is 1. The van der Waals surface area contributed by atoms with Crippen LogP contribution in [0.25, 0.3) is 11.3 Å². The summed E-state index contributed by atoms with van der Waals surface area (Å²) in [5, 5.41) is 2.77. The van der Waals surface area contributed by atoms with Crippen LogP contribution in [0.3, 0.4) is 0 Å². The lowest BCUT2D eigenvalue weighted by molar-refractivity contribution is -0.119. The van der Waals surface area contributed by atoms with E-state index in [1.807, 2.05) is 12.1 Å². The summed E-state index contributed by atoms with van der Waals surface area (Å²) < 4.78 is 18.7. The van der Waals surface area contributed by atoms with Gasteiger partial charge in [-0.2, -0.15) is 0 Å². The molecule has 0 aliphatic rings. The Morgan fingerprint density at radius 3 is 2.28 bits per heavy atom. The van der Waals surface area contributed by atoms with Gasteiger partial charge in [-0.15, -0.1) is 0 Å². The number of amides is 1. The van der Waals surface area contributed by atoms with E-state index < -0.39 is 11.9 Å². The molecule has 6 nitrogen and oxygen atoms in total. The molecule has 2 aromatic carbocycles. The molecule has 0 unspecified atom stereocenters. The van der Waals surface area contributed by atoms with Crippen molar-refractivity contribution in [3.05, 3.63) is 78.2 Å². The Morgan fingerprint density at radius 2 is 1.66 bits per heavy atom. The van der Waals surface area contributed by atoms with Crippen LogP contribution in [0.15, 0.2) is 66.7 Å². The number of Topliss-reactive ketones (excluding diaryl/α,β-unsaturated/α-hetero) is 1. The molecule has 166 valence electrons. The number of halogens is 1. The minimum absolute atomic E-state index is 0.0942. The molecule has 32 heavy (non-hydrogen) atoms. The number of nitrogens with two attached hydrogens (primary N) is 1. The maximum atomic E-state index is 13.0. The van der Waals surface area contributed by atoms with E-state index in [-0.39, 0.29) is 17.3 Å². The molecule has 0 aliphatic heterocycles. The van der Waals surface area contributed by atoms with Crippen molar-refractivity contribution in [1.29, 1.82) is 0 Å². The number of hydrogen-bond donors (Lipinski definition) is 2. The summed E-state index contributed by atoms with van der Waals surface area (Å²) in [5.41, 5.74) is 7.16. The summed E-state index contributed by atoms with van der Waals surface area (Å²) in [7, 11) is 0. The molecular weight excluding hydrogens is 409 g/mol. The number of benzene rings is 2. The highest BCUT2D eigenvalue weighted by Crippen LogP contribution is 2.25. The zero-order valence-corrected chi connectivity index (χ0v) is 17.9. The van der Waals surface area contributed by atoms with Gasteiger partial charge in [0.05, 0.1) is 11.7 Å². The Morgan fingerprint density at radius 1 is 1.00 bits per heavy atom. The Labute approximate surface area is 186 Å². The first-order chi connectivity index (χ1) is 15.5. The minimum atomic E-state index is -0.553. The molecule has 0 fully saturated rings. The molecule has 0 saturated carbocycles. The number of nitrogens with zero attached hydrogens (tertiary/aromatic N) is 1. The smallest absolute Gasteiger partial charge is 0.270 e. The lowest BCUT2D eigenvalue weighted by Gasteiger charge is -2.15. The number of rotatable bonds is 10. The molecule has 1 amide bonds. The molecule has 1 atom stereocenters.